The van der Waals surface area contributed by atoms with Crippen LogP contribution in [0.25, 0.3) is 0 Å². The van der Waals surface area contributed by atoms with Crippen LogP contribution in [0.1, 0.15) is 18.4 Å². The number of hydrogen-bond donors (Lipinski definition) is 1. The van der Waals surface area contributed by atoms with Crippen LogP contribution in [-0.2, 0) is 20.7 Å². The maximum absolute atomic E-state index is 12.3. The number of esters is 1. The zero-order valence-electron chi connectivity index (χ0n) is 16.0. The van der Waals surface area contributed by atoms with Crippen LogP contribution in [0.3, 0.4) is 0 Å². The van der Waals surface area contributed by atoms with Gasteiger partial charge in [-0.1, -0.05) is 11.6 Å². The van der Waals surface area contributed by atoms with Crippen molar-refractivity contribution in [1.29, 1.82) is 0 Å². The maximum Gasteiger partial charge on any atom is 0.313 e. The number of nitrogens with one attached hydrogen (secondary N) is 1. The number of nitrogens with zero attached hydrogens (tertiary/aromatic N) is 1. The summed E-state index contributed by atoms with van der Waals surface area (Å²) in [6.07, 6.45) is 2.91. The Balaban J connectivity index is 1.25. The minimum absolute atomic E-state index is 0.229. The van der Waals surface area contributed by atoms with E-state index in [0.29, 0.717) is 17.1 Å². The summed E-state index contributed by atoms with van der Waals surface area (Å²) in [6.45, 7) is 2.05. The van der Waals surface area contributed by atoms with Gasteiger partial charge in [0.15, 0.2) is 6.61 Å². The van der Waals surface area contributed by atoms with Gasteiger partial charge in [0.2, 0.25) is 0 Å². The van der Waals surface area contributed by atoms with Gasteiger partial charge >= 0.3 is 5.97 Å². The first-order valence-electron chi connectivity index (χ1n) is 9.81. The molecule has 1 atom stereocenters. The number of carbonyl (C=O) groups excluding carboxylic acids is 2. The van der Waals surface area contributed by atoms with E-state index in [0.717, 1.165) is 30.1 Å². The lowest BCUT2D eigenvalue weighted by Gasteiger charge is -2.24. The van der Waals surface area contributed by atoms with Crippen molar-refractivity contribution in [3.63, 3.8) is 0 Å². The van der Waals surface area contributed by atoms with Crippen molar-refractivity contribution in [2.75, 3.05) is 36.5 Å². The van der Waals surface area contributed by atoms with Gasteiger partial charge in [0.05, 0.1) is 5.92 Å². The average Bonchev–Trinajstić information content (AvgIpc) is 3.27. The summed E-state index contributed by atoms with van der Waals surface area (Å²) in [5.74, 6) is -0.537. The molecule has 152 valence electrons. The van der Waals surface area contributed by atoms with E-state index in [-0.39, 0.29) is 19.1 Å². The van der Waals surface area contributed by atoms with Crippen molar-refractivity contribution in [3.05, 3.63) is 53.1 Å². The lowest BCUT2D eigenvalue weighted by Crippen LogP contribution is -2.32. The second-order valence-corrected chi connectivity index (χ2v) is 7.80. The lowest BCUT2D eigenvalue weighted by molar-refractivity contribution is -0.152. The minimum Gasteiger partial charge on any atom is -0.492 e. The van der Waals surface area contributed by atoms with Crippen molar-refractivity contribution < 1.29 is 19.1 Å². The van der Waals surface area contributed by atoms with Crippen molar-refractivity contribution >= 4 is 34.9 Å². The number of benzene rings is 2. The highest BCUT2D eigenvalue weighted by Crippen LogP contribution is 2.30. The first kappa shape index (κ1) is 19.6. The molecule has 2 aromatic carbocycles. The Morgan fingerprint density at radius 1 is 1.14 bits per heavy atom. The third-order valence-electron chi connectivity index (χ3n) is 5.23. The van der Waals surface area contributed by atoms with Crippen LogP contribution in [0.4, 0.5) is 11.4 Å². The summed E-state index contributed by atoms with van der Waals surface area (Å²) in [5, 5.41) is 3.35. The fourth-order valence-corrected chi connectivity index (χ4v) is 3.89. The molecule has 2 aliphatic heterocycles. The fourth-order valence-electron chi connectivity index (χ4n) is 3.70. The van der Waals surface area contributed by atoms with Gasteiger partial charge in [-0.2, -0.15) is 0 Å². The van der Waals surface area contributed by atoms with Crippen LogP contribution >= 0.6 is 11.6 Å². The number of halogens is 1. The molecule has 1 amide bonds. The molecule has 7 heteroatoms. The van der Waals surface area contributed by atoms with Crippen LogP contribution in [0, 0.1) is 5.92 Å². The number of rotatable bonds is 5. The second-order valence-electron chi connectivity index (χ2n) is 7.36. The van der Waals surface area contributed by atoms with E-state index in [4.69, 9.17) is 21.1 Å². The van der Waals surface area contributed by atoms with Crippen molar-refractivity contribution in [2.45, 2.75) is 19.3 Å². The molecular formula is C22H23ClN2O4. The van der Waals surface area contributed by atoms with E-state index in [9.17, 15) is 9.59 Å². The predicted molar refractivity (Wildman–Crippen MR) is 112 cm³/mol. The summed E-state index contributed by atoms with van der Waals surface area (Å²) in [4.78, 5) is 26.8. The zero-order valence-corrected chi connectivity index (χ0v) is 16.8. The molecule has 0 unspecified atom stereocenters. The Bertz CT molecular complexity index is 894. The highest BCUT2D eigenvalue weighted by Gasteiger charge is 2.28. The monoisotopic (exact) mass is 414 g/mol. The molecule has 0 saturated carbocycles. The van der Waals surface area contributed by atoms with Gasteiger partial charge in [-0.15, -0.1) is 0 Å². The normalized spacial score (nSPS) is 18.0. The van der Waals surface area contributed by atoms with Gasteiger partial charge in [0.25, 0.3) is 5.91 Å². The molecule has 0 aromatic heterocycles. The standard InChI is InChI=1S/C22H23ClN2O4/c23-17-3-8-20-15(12-17)11-16(13-28-20)22(27)29-14-21(26)24-18-4-6-19(7-5-18)25-9-1-2-10-25/h3-8,12,16H,1-2,9-11,13-14H2,(H,24,26)/t16-/m0/s1. The number of carbonyl (C=O) groups is 2. The Hall–Kier alpha value is -2.73. The van der Waals surface area contributed by atoms with Gasteiger partial charge in [0, 0.05) is 29.5 Å². The van der Waals surface area contributed by atoms with Gasteiger partial charge < -0.3 is 19.7 Å². The first-order chi connectivity index (χ1) is 14.1. The van der Waals surface area contributed by atoms with Crippen molar-refractivity contribution in [2.24, 2.45) is 5.92 Å². The number of hydrogen-bond acceptors (Lipinski definition) is 5. The molecule has 2 aliphatic rings. The minimum atomic E-state index is -0.450. The van der Waals surface area contributed by atoms with Crippen LogP contribution in [0.15, 0.2) is 42.5 Å². The SMILES string of the molecule is O=C(COC(=O)[C@@H]1COc2ccc(Cl)cc2C1)Nc1ccc(N2CCCC2)cc1. The topological polar surface area (TPSA) is 67.9 Å². The van der Waals surface area contributed by atoms with Gasteiger partial charge in [0.1, 0.15) is 12.4 Å². The van der Waals surface area contributed by atoms with Crippen molar-refractivity contribution in [3.8, 4) is 5.75 Å². The molecule has 1 fully saturated rings. The molecule has 1 saturated heterocycles. The number of ether oxygens (including phenoxy) is 2. The van der Waals surface area contributed by atoms with E-state index >= 15 is 0 Å². The van der Waals surface area contributed by atoms with Gasteiger partial charge in [-0.3, -0.25) is 9.59 Å². The Labute approximate surface area is 174 Å². The molecule has 0 radical (unpaired) electrons. The lowest BCUT2D eigenvalue weighted by atomic mass is 9.97. The van der Waals surface area contributed by atoms with Crippen LogP contribution in [0.2, 0.25) is 5.02 Å². The largest absolute Gasteiger partial charge is 0.492 e. The Morgan fingerprint density at radius 2 is 1.90 bits per heavy atom. The number of amides is 1. The van der Waals surface area contributed by atoms with E-state index in [1.807, 2.05) is 24.3 Å². The summed E-state index contributed by atoms with van der Waals surface area (Å²) in [7, 11) is 0. The third kappa shape index (κ3) is 4.82. The average molecular weight is 415 g/mol. The molecule has 2 heterocycles. The van der Waals surface area contributed by atoms with E-state index < -0.39 is 11.9 Å². The maximum atomic E-state index is 12.3. The predicted octanol–water partition coefficient (Wildman–Crippen LogP) is 3.67. The molecule has 4 rings (SSSR count). The quantitative estimate of drug-likeness (QED) is 0.756. The molecular weight excluding hydrogens is 392 g/mol. The van der Waals surface area contributed by atoms with Crippen LogP contribution in [0.5, 0.6) is 5.75 Å². The first-order valence-corrected chi connectivity index (χ1v) is 10.2. The van der Waals surface area contributed by atoms with Crippen LogP contribution < -0.4 is 15.0 Å². The molecule has 0 bridgehead atoms. The molecule has 6 nitrogen and oxygen atoms in total. The van der Waals surface area contributed by atoms with E-state index in [2.05, 4.69) is 10.2 Å². The molecule has 1 N–H and O–H groups in total. The molecule has 0 aliphatic carbocycles. The van der Waals surface area contributed by atoms with Crippen molar-refractivity contribution in [1.82, 2.24) is 0 Å². The third-order valence-corrected chi connectivity index (χ3v) is 5.47. The smallest absolute Gasteiger partial charge is 0.313 e. The van der Waals surface area contributed by atoms with Gasteiger partial charge in [-0.05, 0) is 67.3 Å². The second kappa shape index (κ2) is 8.74. The highest BCUT2D eigenvalue weighted by molar-refractivity contribution is 6.30. The molecule has 0 spiro atoms. The summed E-state index contributed by atoms with van der Waals surface area (Å²) < 4.78 is 10.8. The van der Waals surface area contributed by atoms with Gasteiger partial charge in [-0.25, -0.2) is 0 Å². The Morgan fingerprint density at radius 3 is 2.66 bits per heavy atom. The van der Waals surface area contributed by atoms with E-state index in [1.165, 1.54) is 12.8 Å². The summed E-state index contributed by atoms with van der Waals surface area (Å²) in [6, 6.07) is 13.0. The Kier molecular flexibility index (Phi) is 5.90. The van der Waals surface area contributed by atoms with Crippen LogP contribution in [-0.4, -0.2) is 38.2 Å². The zero-order chi connectivity index (χ0) is 20.2. The fraction of sp³-hybridized carbons (Fsp3) is 0.364. The molecule has 29 heavy (non-hydrogen) atoms. The number of fused-ring (bicyclic) bond motifs is 1. The van der Waals surface area contributed by atoms with E-state index in [1.54, 1.807) is 18.2 Å². The summed E-state index contributed by atoms with van der Waals surface area (Å²) in [5.41, 5.74) is 2.71. The number of anilines is 2. The summed E-state index contributed by atoms with van der Waals surface area (Å²) >= 11 is 6.00. The highest BCUT2D eigenvalue weighted by atomic mass is 35.5. The molecule has 2 aromatic rings.